The highest BCUT2D eigenvalue weighted by Gasteiger charge is 2.41. The minimum atomic E-state index is -0.0102. The lowest BCUT2D eigenvalue weighted by Gasteiger charge is -2.36. The molecule has 0 unspecified atom stereocenters. The molecule has 0 N–H and O–H groups in total. The number of amides is 2. The van der Waals surface area contributed by atoms with Gasteiger partial charge in [-0.2, -0.15) is 0 Å². The molecule has 2 fully saturated rings. The molecular formula is C24H29N3O3. The van der Waals surface area contributed by atoms with Gasteiger partial charge in [-0.15, -0.1) is 0 Å². The second-order valence-corrected chi connectivity index (χ2v) is 8.32. The summed E-state index contributed by atoms with van der Waals surface area (Å²) in [5, 5.41) is 0. The molecule has 0 bridgehead atoms. The van der Waals surface area contributed by atoms with Crippen LogP contribution < -0.4 is 4.74 Å². The van der Waals surface area contributed by atoms with Gasteiger partial charge in [0.25, 0.3) is 5.91 Å². The molecule has 158 valence electrons. The highest BCUT2D eigenvalue weighted by Crippen LogP contribution is 2.36. The molecule has 4 rings (SSSR count). The van der Waals surface area contributed by atoms with Crippen molar-refractivity contribution >= 4 is 11.8 Å². The Morgan fingerprint density at radius 2 is 1.73 bits per heavy atom. The van der Waals surface area contributed by atoms with E-state index in [1.165, 1.54) is 0 Å². The van der Waals surface area contributed by atoms with Gasteiger partial charge < -0.3 is 14.5 Å². The monoisotopic (exact) mass is 407 g/mol. The van der Waals surface area contributed by atoms with Gasteiger partial charge in [-0.05, 0) is 48.9 Å². The number of para-hydroxylation sites is 1. The minimum absolute atomic E-state index is 0.0102. The van der Waals surface area contributed by atoms with Gasteiger partial charge in [0, 0.05) is 45.2 Å². The molecule has 2 aliphatic rings. The molecule has 2 amide bonds. The smallest absolute Gasteiger partial charge is 0.272 e. The number of carbonyl (C=O) groups excluding carboxylic acids is 2. The van der Waals surface area contributed by atoms with E-state index in [-0.39, 0.29) is 17.7 Å². The van der Waals surface area contributed by atoms with E-state index in [1.54, 1.807) is 19.2 Å². The van der Waals surface area contributed by atoms with Crippen LogP contribution in [0.5, 0.6) is 5.75 Å². The van der Waals surface area contributed by atoms with Crippen molar-refractivity contribution < 1.29 is 14.3 Å². The largest absolute Gasteiger partial charge is 0.493 e. The van der Waals surface area contributed by atoms with Crippen molar-refractivity contribution in [1.29, 1.82) is 0 Å². The average molecular weight is 408 g/mol. The maximum Gasteiger partial charge on any atom is 0.272 e. The summed E-state index contributed by atoms with van der Waals surface area (Å²) in [4.78, 5) is 32.8. The molecule has 30 heavy (non-hydrogen) atoms. The topological polar surface area (TPSA) is 62.7 Å². The van der Waals surface area contributed by atoms with E-state index in [4.69, 9.17) is 4.74 Å². The van der Waals surface area contributed by atoms with E-state index in [0.717, 1.165) is 38.2 Å². The molecule has 1 aromatic carbocycles. The van der Waals surface area contributed by atoms with Crippen molar-refractivity contribution in [3.63, 3.8) is 0 Å². The second kappa shape index (κ2) is 9.28. The van der Waals surface area contributed by atoms with E-state index in [0.29, 0.717) is 30.7 Å². The Bertz CT molecular complexity index is 851. The van der Waals surface area contributed by atoms with Gasteiger partial charge in [0.05, 0.1) is 6.61 Å². The quantitative estimate of drug-likeness (QED) is 0.764. The van der Waals surface area contributed by atoms with Crippen LogP contribution in [0.4, 0.5) is 0 Å². The van der Waals surface area contributed by atoms with Crippen molar-refractivity contribution in [3.8, 4) is 5.75 Å². The zero-order chi connectivity index (χ0) is 20.9. The van der Waals surface area contributed by atoms with Crippen LogP contribution in [-0.4, -0.2) is 59.4 Å². The number of carbonyl (C=O) groups is 2. The number of hydrogen-bond donors (Lipinski definition) is 0. The van der Waals surface area contributed by atoms with Crippen LogP contribution in [0.25, 0.3) is 0 Å². The molecule has 6 heteroatoms. The molecule has 0 radical (unpaired) electrons. The fourth-order valence-corrected chi connectivity index (χ4v) is 4.79. The van der Waals surface area contributed by atoms with Crippen molar-refractivity contribution in [2.75, 3.05) is 32.8 Å². The standard InChI is InChI=1S/C24H29N3O3/c1-18(28)26-13-10-19(11-14-26)22-16-27(24(29)23-9-5-6-12-25-23)15-20(22)17-30-21-7-3-2-4-8-21/h2-9,12,19-20,22H,10-11,13-17H2,1H3/t20-,22-/m0/s1. The first kappa shape index (κ1) is 20.4. The number of hydrogen-bond acceptors (Lipinski definition) is 4. The molecule has 0 saturated carbocycles. The zero-order valence-corrected chi connectivity index (χ0v) is 17.4. The van der Waals surface area contributed by atoms with Crippen LogP contribution in [0.1, 0.15) is 30.3 Å². The van der Waals surface area contributed by atoms with Gasteiger partial charge in [0.15, 0.2) is 0 Å². The molecule has 0 spiro atoms. The number of aromatic nitrogens is 1. The number of benzene rings is 1. The predicted octanol–water partition coefficient (Wildman–Crippen LogP) is 3.11. The average Bonchev–Trinajstić information content (AvgIpc) is 3.23. The Morgan fingerprint density at radius 3 is 2.40 bits per heavy atom. The number of ether oxygens (including phenoxy) is 1. The third-order valence-corrected chi connectivity index (χ3v) is 6.46. The van der Waals surface area contributed by atoms with Crippen molar-refractivity contribution in [2.24, 2.45) is 17.8 Å². The highest BCUT2D eigenvalue weighted by atomic mass is 16.5. The second-order valence-electron chi connectivity index (χ2n) is 8.32. The van der Waals surface area contributed by atoms with Gasteiger partial charge in [-0.1, -0.05) is 24.3 Å². The first-order valence-electron chi connectivity index (χ1n) is 10.8. The SMILES string of the molecule is CC(=O)N1CCC([C@@H]2CN(C(=O)c3ccccn3)C[C@H]2COc2ccccc2)CC1. The fraction of sp³-hybridized carbons (Fsp3) is 0.458. The molecule has 2 aromatic rings. The van der Waals surface area contributed by atoms with Crippen LogP contribution in [0.15, 0.2) is 54.7 Å². The summed E-state index contributed by atoms with van der Waals surface area (Å²) in [5.74, 6) is 2.13. The first-order chi connectivity index (χ1) is 14.6. The number of pyridine rings is 1. The highest BCUT2D eigenvalue weighted by molar-refractivity contribution is 5.92. The summed E-state index contributed by atoms with van der Waals surface area (Å²) in [7, 11) is 0. The first-order valence-corrected chi connectivity index (χ1v) is 10.8. The summed E-state index contributed by atoms with van der Waals surface area (Å²) in [6.45, 7) is 5.24. The maximum atomic E-state index is 13.0. The summed E-state index contributed by atoms with van der Waals surface area (Å²) in [6.07, 6.45) is 3.63. The Morgan fingerprint density at radius 1 is 1.00 bits per heavy atom. The summed E-state index contributed by atoms with van der Waals surface area (Å²) < 4.78 is 6.09. The van der Waals surface area contributed by atoms with E-state index >= 15 is 0 Å². The van der Waals surface area contributed by atoms with Gasteiger partial charge in [-0.25, -0.2) is 0 Å². The van der Waals surface area contributed by atoms with E-state index in [9.17, 15) is 9.59 Å². The van der Waals surface area contributed by atoms with Crippen LogP contribution in [-0.2, 0) is 4.79 Å². The van der Waals surface area contributed by atoms with Gasteiger partial charge in [0.1, 0.15) is 11.4 Å². The molecule has 6 nitrogen and oxygen atoms in total. The van der Waals surface area contributed by atoms with Crippen molar-refractivity contribution in [1.82, 2.24) is 14.8 Å². The van der Waals surface area contributed by atoms with Crippen LogP contribution in [0.2, 0.25) is 0 Å². The van der Waals surface area contributed by atoms with E-state index < -0.39 is 0 Å². The number of rotatable bonds is 5. The lowest BCUT2D eigenvalue weighted by atomic mass is 9.78. The van der Waals surface area contributed by atoms with Crippen LogP contribution in [0.3, 0.4) is 0 Å². The Balaban J connectivity index is 1.46. The fourth-order valence-electron chi connectivity index (χ4n) is 4.79. The number of piperidine rings is 1. The van der Waals surface area contributed by atoms with Gasteiger partial charge >= 0.3 is 0 Å². The third-order valence-electron chi connectivity index (χ3n) is 6.46. The van der Waals surface area contributed by atoms with Crippen LogP contribution in [0, 0.1) is 17.8 Å². The van der Waals surface area contributed by atoms with Crippen molar-refractivity contribution in [3.05, 3.63) is 60.4 Å². The van der Waals surface area contributed by atoms with Gasteiger partial charge in [0.2, 0.25) is 5.91 Å². The zero-order valence-electron chi connectivity index (χ0n) is 17.4. The molecule has 2 atom stereocenters. The minimum Gasteiger partial charge on any atom is -0.493 e. The molecule has 2 aliphatic heterocycles. The third kappa shape index (κ3) is 4.64. The summed E-state index contributed by atoms with van der Waals surface area (Å²) in [6, 6.07) is 15.3. The van der Waals surface area contributed by atoms with E-state index in [2.05, 4.69) is 4.98 Å². The van der Waals surface area contributed by atoms with Crippen LogP contribution >= 0.6 is 0 Å². The maximum absolute atomic E-state index is 13.0. The molecule has 2 saturated heterocycles. The number of likely N-dealkylation sites (tertiary alicyclic amines) is 2. The molecular weight excluding hydrogens is 378 g/mol. The number of nitrogens with zero attached hydrogens (tertiary/aromatic N) is 3. The lowest BCUT2D eigenvalue weighted by molar-refractivity contribution is -0.130. The molecule has 1 aromatic heterocycles. The molecule has 3 heterocycles. The normalized spacial score (nSPS) is 22.2. The summed E-state index contributed by atoms with van der Waals surface area (Å²) >= 11 is 0. The van der Waals surface area contributed by atoms with Crippen molar-refractivity contribution in [2.45, 2.75) is 19.8 Å². The predicted molar refractivity (Wildman–Crippen MR) is 114 cm³/mol. The lowest BCUT2D eigenvalue weighted by Crippen LogP contribution is -2.40. The Labute approximate surface area is 177 Å². The summed E-state index contributed by atoms with van der Waals surface area (Å²) in [5.41, 5.74) is 0.493. The van der Waals surface area contributed by atoms with E-state index in [1.807, 2.05) is 52.3 Å². The Hall–Kier alpha value is -2.89. The Kier molecular flexibility index (Phi) is 6.31. The molecule has 0 aliphatic carbocycles. The van der Waals surface area contributed by atoms with Gasteiger partial charge in [-0.3, -0.25) is 14.6 Å².